The van der Waals surface area contributed by atoms with Crippen LogP contribution in [0.4, 0.5) is 5.69 Å². The Morgan fingerprint density at radius 2 is 2.00 bits per heavy atom. The third-order valence-corrected chi connectivity index (χ3v) is 3.43. The van der Waals surface area contributed by atoms with Crippen LogP contribution in [-0.2, 0) is 0 Å². The molecule has 0 saturated carbocycles. The standard InChI is InChI=1S/C14H19BrN2/c1-10(2)7-11(3)17(4)14-6-5-13(15)8-12(14)9-16/h5-6,8,10-11H,7H2,1-4H3. The Bertz CT molecular complexity index is 421. The third-order valence-electron chi connectivity index (χ3n) is 2.93. The second kappa shape index (κ2) is 6.07. The van der Waals surface area contributed by atoms with Gasteiger partial charge in [0.15, 0.2) is 0 Å². The molecule has 0 radical (unpaired) electrons. The lowest BCUT2D eigenvalue weighted by molar-refractivity contribution is 0.504. The van der Waals surface area contributed by atoms with Gasteiger partial charge < -0.3 is 4.90 Å². The highest BCUT2D eigenvalue weighted by Gasteiger charge is 2.14. The van der Waals surface area contributed by atoms with E-state index in [0.29, 0.717) is 12.0 Å². The van der Waals surface area contributed by atoms with Gasteiger partial charge in [-0.2, -0.15) is 5.26 Å². The maximum Gasteiger partial charge on any atom is 0.101 e. The molecule has 1 atom stereocenters. The van der Waals surface area contributed by atoms with Crippen molar-refractivity contribution in [3.8, 4) is 6.07 Å². The second-order valence-electron chi connectivity index (χ2n) is 4.86. The first kappa shape index (κ1) is 14.1. The van der Waals surface area contributed by atoms with Crippen LogP contribution in [0.2, 0.25) is 0 Å². The Labute approximate surface area is 112 Å². The van der Waals surface area contributed by atoms with Gasteiger partial charge in [0.2, 0.25) is 0 Å². The topological polar surface area (TPSA) is 27.0 Å². The van der Waals surface area contributed by atoms with E-state index in [0.717, 1.165) is 22.1 Å². The summed E-state index contributed by atoms with van der Waals surface area (Å²) in [5, 5.41) is 9.16. The van der Waals surface area contributed by atoms with Crippen molar-refractivity contribution in [1.29, 1.82) is 5.26 Å². The minimum absolute atomic E-state index is 0.434. The molecule has 1 unspecified atom stereocenters. The minimum Gasteiger partial charge on any atom is -0.371 e. The van der Waals surface area contributed by atoms with E-state index in [9.17, 15) is 0 Å². The molecule has 0 aliphatic heterocycles. The van der Waals surface area contributed by atoms with Crippen LogP contribution in [-0.4, -0.2) is 13.1 Å². The molecule has 1 aromatic carbocycles. The fourth-order valence-corrected chi connectivity index (χ4v) is 2.34. The lowest BCUT2D eigenvalue weighted by Crippen LogP contribution is -2.30. The van der Waals surface area contributed by atoms with Crippen molar-refractivity contribution in [1.82, 2.24) is 0 Å². The summed E-state index contributed by atoms with van der Waals surface area (Å²) in [5.74, 6) is 0.661. The Hall–Kier alpha value is -1.01. The van der Waals surface area contributed by atoms with Gasteiger partial charge in [0, 0.05) is 17.6 Å². The van der Waals surface area contributed by atoms with Crippen LogP contribution in [0.3, 0.4) is 0 Å². The van der Waals surface area contributed by atoms with E-state index in [1.54, 1.807) is 0 Å². The van der Waals surface area contributed by atoms with Crippen LogP contribution >= 0.6 is 15.9 Å². The lowest BCUT2D eigenvalue weighted by Gasteiger charge is -2.29. The monoisotopic (exact) mass is 294 g/mol. The summed E-state index contributed by atoms with van der Waals surface area (Å²) >= 11 is 3.39. The first-order valence-electron chi connectivity index (χ1n) is 5.88. The van der Waals surface area contributed by atoms with E-state index >= 15 is 0 Å². The van der Waals surface area contributed by atoms with Crippen molar-refractivity contribution in [2.45, 2.75) is 33.2 Å². The number of nitriles is 1. The lowest BCUT2D eigenvalue weighted by atomic mass is 10.0. The van der Waals surface area contributed by atoms with Gasteiger partial charge in [-0.3, -0.25) is 0 Å². The Balaban J connectivity index is 2.96. The molecule has 0 bridgehead atoms. The van der Waals surface area contributed by atoms with Crippen LogP contribution in [0.15, 0.2) is 22.7 Å². The zero-order valence-corrected chi connectivity index (χ0v) is 12.5. The van der Waals surface area contributed by atoms with Crippen LogP contribution < -0.4 is 4.90 Å². The predicted molar refractivity (Wildman–Crippen MR) is 76.2 cm³/mol. The fraction of sp³-hybridized carbons (Fsp3) is 0.500. The molecular formula is C14H19BrN2. The van der Waals surface area contributed by atoms with Gasteiger partial charge in [0.1, 0.15) is 6.07 Å². The zero-order valence-electron chi connectivity index (χ0n) is 10.9. The van der Waals surface area contributed by atoms with E-state index in [1.165, 1.54) is 0 Å². The molecule has 0 heterocycles. The van der Waals surface area contributed by atoms with Crippen molar-refractivity contribution < 1.29 is 0 Å². The molecule has 2 nitrogen and oxygen atoms in total. The van der Waals surface area contributed by atoms with E-state index < -0.39 is 0 Å². The molecule has 0 N–H and O–H groups in total. The second-order valence-corrected chi connectivity index (χ2v) is 5.78. The molecule has 0 aliphatic rings. The van der Waals surface area contributed by atoms with Gasteiger partial charge in [-0.1, -0.05) is 29.8 Å². The summed E-state index contributed by atoms with van der Waals surface area (Å²) in [7, 11) is 2.05. The average molecular weight is 295 g/mol. The molecule has 92 valence electrons. The Kier molecular flexibility index (Phi) is 5.02. The van der Waals surface area contributed by atoms with Gasteiger partial charge in [-0.05, 0) is 37.5 Å². The largest absolute Gasteiger partial charge is 0.371 e. The van der Waals surface area contributed by atoms with E-state index in [4.69, 9.17) is 5.26 Å². The summed E-state index contributed by atoms with van der Waals surface area (Å²) in [6, 6.07) is 8.54. The first-order valence-corrected chi connectivity index (χ1v) is 6.67. The highest BCUT2D eigenvalue weighted by Crippen LogP contribution is 2.26. The highest BCUT2D eigenvalue weighted by atomic mass is 79.9. The molecule has 17 heavy (non-hydrogen) atoms. The van der Waals surface area contributed by atoms with Crippen molar-refractivity contribution in [2.24, 2.45) is 5.92 Å². The molecule has 1 rings (SSSR count). The Morgan fingerprint density at radius 1 is 1.35 bits per heavy atom. The molecule has 0 aliphatic carbocycles. The normalized spacial score (nSPS) is 12.3. The number of nitrogens with zero attached hydrogens (tertiary/aromatic N) is 2. The minimum atomic E-state index is 0.434. The van der Waals surface area contributed by atoms with Crippen LogP contribution in [0.1, 0.15) is 32.8 Å². The van der Waals surface area contributed by atoms with E-state index in [1.807, 2.05) is 18.2 Å². The molecular weight excluding hydrogens is 276 g/mol. The quantitative estimate of drug-likeness (QED) is 0.832. The molecule has 0 spiro atoms. The summed E-state index contributed by atoms with van der Waals surface area (Å²) in [6.07, 6.45) is 1.12. The number of halogens is 1. The Morgan fingerprint density at radius 3 is 2.53 bits per heavy atom. The van der Waals surface area contributed by atoms with Crippen molar-refractivity contribution in [3.63, 3.8) is 0 Å². The summed E-state index contributed by atoms with van der Waals surface area (Å²) in [6.45, 7) is 6.64. The van der Waals surface area contributed by atoms with Gasteiger partial charge in [-0.15, -0.1) is 0 Å². The molecule has 0 fully saturated rings. The summed E-state index contributed by atoms with van der Waals surface area (Å²) < 4.78 is 0.947. The number of hydrogen-bond acceptors (Lipinski definition) is 2. The van der Waals surface area contributed by atoms with Crippen LogP contribution in [0, 0.1) is 17.2 Å². The predicted octanol–water partition coefficient (Wildman–Crippen LogP) is 4.19. The van der Waals surface area contributed by atoms with Crippen molar-refractivity contribution in [2.75, 3.05) is 11.9 Å². The molecule has 3 heteroatoms. The van der Waals surface area contributed by atoms with Crippen molar-refractivity contribution in [3.05, 3.63) is 28.2 Å². The maximum atomic E-state index is 9.16. The smallest absolute Gasteiger partial charge is 0.101 e. The van der Waals surface area contributed by atoms with E-state index in [2.05, 4.69) is 54.7 Å². The SMILES string of the molecule is CC(C)CC(C)N(C)c1ccc(Br)cc1C#N. The molecule has 0 saturated heterocycles. The molecule has 1 aromatic rings. The van der Waals surface area contributed by atoms with E-state index in [-0.39, 0.29) is 0 Å². The average Bonchev–Trinajstić information content (AvgIpc) is 2.27. The van der Waals surface area contributed by atoms with Gasteiger partial charge in [0.05, 0.1) is 11.3 Å². The number of anilines is 1. The molecule has 0 aromatic heterocycles. The summed E-state index contributed by atoms with van der Waals surface area (Å²) in [5.41, 5.74) is 1.72. The zero-order chi connectivity index (χ0) is 13.0. The van der Waals surface area contributed by atoms with Gasteiger partial charge >= 0.3 is 0 Å². The van der Waals surface area contributed by atoms with Crippen molar-refractivity contribution >= 4 is 21.6 Å². The number of rotatable bonds is 4. The highest BCUT2D eigenvalue weighted by molar-refractivity contribution is 9.10. The number of hydrogen-bond donors (Lipinski definition) is 0. The third kappa shape index (κ3) is 3.74. The first-order chi connectivity index (χ1) is 7.95. The fourth-order valence-electron chi connectivity index (χ4n) is 1.98. The van der Waals surface area contributed by atoms with Gasteiger partial charge in [-0.25, -0.2) is 0 Å². The number of benzene rings is 1. The molecule has 0 amide bonds. The summed E-state index contributed by atoms with van der Waals surface area (Å²) in [4.78, 5) is 2.19. The van der Waals surface area contributed by atoms with Gasteiger partial charge in [0.25, 0.3) is 0 Å². The van der Waals surface area contributed by atoms with Crippen LogP contribution in [0.5, 0.6) is 0 Å². The maximum absolute atomic E-state index is 9.16. The van der Waals surface area contributed by atoms with Crippen LogP contribution in [0.25, 0.3) is 0 Å².